The number of nitrogens with zero attached hydrogens (tertiary/aromatic N) is 1. The lowest BCUT2D eigenvalue weighted by Crippen LogP contribution is -2.57. The summed E-state index contributed by atoms with van der Waals surface area (Å²) in [5.74, 6) is 0. The van der Waals surface area contributed by atoms with Gasteiger partial charge in [-0.05, 0) is 43.7 Å². The van der Waals surface area contributed by atoms with Gasteiger partial charge in [0.2, 0.25) is 0 Å². The van der Waals surface area contributed by atoms with E-state index in [1.54, 1.807) is 0 Å². The van der Waals surface area contributed by atoms with Crippen molar-refractivity contribution < 1.29 is 5.11 Å². The smallest absolute Gasteiger partial charge is 0.0646 e. The maximum atomic E-state index is 10.5. The first-order valence-corrected chi connectivity index (χ1v) is 9.17. The van der Waals surface area contributed by atoms with Crippen molar-refractivity contribution in [2.45, 2.75) is 49.7 Å². The molecule has 2 fully saturated rings. The zero-order valence-corrected chi connectivity index (χ0v) is 14.5. The Bertz CT molecular complexity index is 640. The van der Waals surface area contributed by atoms with E-state index in [0.29, 0.717) is 6.04 Å². The van der Waals surface area contributed by atoms with Gasteiger partial charge in [0.05, 0.1) is 5.60 Å². The van der Waals surface area contributed by atoms with E-state index in [0.717, 1.165) is 38.8 Å². The van der Waals surface area contributed by atoms with Gasteiger partial charge in [0.15, 0.2) is 0 Å². The summed E-state index contributed by atoms with van der Waals surface area (Å²) in [6.07, 6.45) is 4.09. The van der Waals surface area contributed by atoms with Gasteiger partial charge in [-0.3, -0.25) is 4.90 Å². The molecule has 1 N–H and O–H groups in total. The Morgan fingerprint density at radius 1 is 0.917 bits per heavy atom. The highest BCUT2D eigenvalue weighted by Gasteiger charge is 2.45. The second-order valence-electron chi connectivity index (χ2n) is 7.93. The van der Waals surface area contributed by atoms with E-state index in [1.165, 1.54) is 11.1 Å². The van der Waals surface area contributed by atoms with Crippen molar-refractivity contribution in [3.05, 3.63) is 71.8 Å². The van der Waals surface area contributed by atoms with Crippen LogP contribution in [0.2, 0.25) is 0 Å². The number of fused-ring (bicyclic) bond motifs is 1. The Morgan fingerprint density at radius 3 is 2.08 bits per heavy atom. The number of rotatable bonds is 2. The van der Waals surface area contributed by atoms with E-state index in [9.17, 15) is 5.11 Å². The molecule has 0 saturated carbocycles. The maximum Gasteiger partial charge on any atom is 0.0646 e. The number of benzene rings is 2. The van der Waals surface area contributed by atoms with Crippen LogP contribution in [0.25, 0.3) is 0 Å². The Labute approximate surface area is 145 Å². The lowest BCUT2D eigenvalue weighted by molar-refractivity contribution is -0.0532. The molecular formula is C22H27NO. The first-order chi connectivity index (χ1) is 11.6. The minimum absolute atomic E-state index is 0.0716. The minimum Gasteiger partial charge on any atom is -0.390 e. The SMILES string of the molecule is CC1(O)CCN2CC(c3ccccc3)(c3ccccc3)CCC2C1. The molecular weight excluding hydrogens is 294 g/mol. The highest BCUT2D eigenvalue weighted by Crippen LogP contribution is 2.44. The molecule has 2 heteroatoms. The van der Waals surface area contributed by atoms with Crippen LogP contribution in [0.5, 0.6) is 0 Å². The van der Waals surface area contributed by atoms with Crippen LogP contribution in [0, 0.1) is 0 Å². The molecule has 126 valence electrons. The fourth-order valence-corrected chi connectivity index (χ4v) is 4.79. The van der Waals surface area contributed by atoms with E-state index >= 15 is 0 Å². The molecule has 2 aliphatic heterocycles. The van der Waals surface area contributed by atoms with Gasteiger partial charge in [0.1, 0.15) is 0 Å². The normalized spacial score (nSPS) is 29.8. The molecule has 0 aromatic heterocycles. The van der Waals surface area contributed by atoms with E-state index in [2.05, 4.69) is 65.6 Å². The monoisotopic (exact) mass is 321 g/mol. The summed E-state index contributed by atoms with van der Waals surface area (Å²) < 4.78 is 0. The summed E-state index contributed by atoms with van der Waals surface area (Å²) in [5, 5.41) is 10.5. The second kappa shape index (κ2) is 6.02. The molecule has 2 aromatic rings. The van der Waals surface area contributed by atoms with Crippen LogP contribution >= 0.6 is 0 Å². The minimum atomic E-state index is -0.485. The average molecular weight is 321 g/mol. The second-order valence-corrected chi connectivity index (χ2v) is 7.93. The highest BCUT2D eigenvalue weighted by atomic mass is 16.3. The standard InChI is InChI=1S/C22H27NO/c1-21(24)14-15-23-17-22(13-12-20(23)16-21,18-8-4-2-5-9-18)19-10-6-3-7-11-19/h2-11,20,24H,12-17H2,1H3. The van der Waals surface area contributed by atoms with E-state index in [1.807, 2.05) is 6.92 Å². The van der Waals surface area contributed by atoms with E-state index < -0.39 is 5.60 Å². The summed E-state index contributed by atoms with van der Waals surface area (Å²) in [4.78, 5) is 2.63. The van der Waals surface area contributed by atoms with Gasteiger partial charge in [-0.25, -0.2) is 0 Å². The molecule has 0 bridgehead atoms. The Hall–Kier alpha value is -1.64. The lowest BCUT2D eigenvalue weighted by Gasteiger charge is -2.52. The Kier molecular flexibility index (Phi) is 3.98. The molecule has 2 atom stereocenters. The van der Waals surface area contributed by atoms with Crippen molar-refractivity contribution in [2.24, 2.45) is 0 Å². The number of hydrogen-bond donors (Lipinski definition) is 1. The molecule has 2 aromatic carbocycles. The van der Waals surface area contributed by atoms with Crippen LogP contribution in [-0.4, -0.2) is 34.7 Å². The fraction of sp³-hybridized carbons (Fsp3) is 0.455. The van der Waals surface area contributed by atoms with Gasteiger partial charge >= 0.3 is 0 Å². The third-order valence-electron chi connectivity index (χ3n) is 6.16. The quantitative estimate of drug-likeness (QED) is 0.904. The molecule has 0 radical (unpaired) electrons. The first kappa shape index (κ1) is 15.9. The van der Waals surface area contributed by atoms with E-state index in [-0.39, 0.29) is 5.41 Å². The third kappa shape index (κ3) is 2.78. The summed E-state index contributed by atoms with van der Waals surface area (Å²) in [5.41, 5.74) is 2.43. The van der Waals surface area contributed by atoms with Gasteiger partial charge in [0, 0.05) is 24.5 Å². The predicted molar refractivity (Wildman–Crippen MR) is 98.1 cm³/mol. The highest BCUT2D eigenvalue weighted by molar-refractivity contribution is 5.40. The Balaban J connectivity index is 1.72. The molecule has 2 nitrogen and oxygen atoms in total. The molecule has 2 aliphatic rings. The van der Waals surface area contributed by atoms with Gasteiger partial charge in [-0.2, -0.15) is 0 Å². The molecule has 0 spiro atoms. The van der Waals surface area contributed by atoms with Crippen molar-refractivity contribution in [3.63, 3.8) is 0 Å². The van der Waals surface area contributed by atoms with Crippen LogP contribution in [0.1, 0.15) is 43.7 Å². The summed E-state index contributed by atoms with van der Waals surface area (Å²) >= 11 is 0. The van der Waals surface area contributed by atoms with Crippen LogP contribution in [0.3, 0.4) is 0 Å². The van der Waals surface area contributed by atoms with Gasteiger partial charge < -0.3 is 5.11 Å². The van der Waals surface area contributed by atoms with Crippen LogP contribution in [0.4, 0.5) is 0 Å². The van der Waals surface area contributed by atoms with Crippen molar-refractivity contribution in [1.82, 2.24) is 4.90 Å². The average Bonchev–Trinajstić information content (AvgIpc) is 2.62. The van der Waals surface area contributed by atoms with Crippen LogP contribution < -0.4 is 0 Å². The molecule has 2 heterocycles. The largest absolute Gasteiger partial charge is 0.390 e. The predicted octanol–water partition coefficient (Wildman–Crippen LogP) is 3.98. The lowest BCUT2D eigenvalue weighted by atomic mass is 9.66. The number of hydrogen-bond acceptors (Lipinski definition) is 2. The van der Waals surface area contributed by atoms with Gasteiger partial charge in [0.25, 0.3) is 0 Å². The number of aliphatic hydroxyl groups is 1. The molecule has 0 amide bonds. The first-order valence-electron chi connectivity index (χ1n) is 9.17. The third-order valence-corrected chi connectivity index (χ3v) is 6.16. The van der Waals surface area contributed by atoms with Crippen LogP contribution in [0.15, 0.2) is 60.7 Å². The van der Waals surface area contributed by atoms with Crippen LogP contribution in [-0.2, 0) is 5.41 Å². The Morgan fingerprint density at radius 2 is 1.50 bits per heavy atom. The summed E-state index contributed by atoms with van der Waals surface area (Å²) in [6, 6.07) is 22.5. The van der Waals surface area contributed by atoms with Crippen molar-refractivity contribution in [3.8, 4) is 0 Å². The molecule has 24 heavy (non-hydrogen) atoms. The molecule has 4 rings (SSSR count). The van der Waals surface area contributed by atoms with Gasteiger partial charge in [-0.15, -0.1) is 0 Å². The topological polar surface area (TPSA) is 23.5 Å². The number of piperidine rings is 2. The molecule has 2 unspecified atom stereocenters. The zero-order chi connectivity index (χ0) is 16.6. The van der Waals surface area contributed by atoms with Gasteiger partial charge in [-0.1, -0.05) is 60.7 Å². The van der Waals surface area contributed by atoms with Crippen molar-refractivity contribution >= 4 is 0 Å². The van der Waals surface area contributed by atoms with Crippen molar-refractivity contribution in [2.75, 3.05) is 13.1 Å². The van der Waals surface area contributed by atoms with Crippen molar-refractivity contribution in [1.29, 1.82) is 0 Å². The molecule has 2 saturated heterocycles. The summed E-state index contributed by atoms with van der Waals surface area (Å²) in [6.45, 7) is 4.06. The molecule has 0 aliphatic carbocycles. The summed E-state index contributed by atoms with van der Waals surface area (Å²) in [7, 11) is 0. The maximum absolute atomic E-state index is 10.5. The zero-order valence-electron chi connectivity index (χ0n) is 14.5. The fourth-order valence-electron chi connectivity index (χ4n) is 4.79. The van der Waals surface area contributed by atoms with E-state index in [4.69, 9.17) is 0 Å².